The van der Waals surface area contributed by atoms with E-state index in [4.69, 9.17) is 0 Å². The lowest BCUT2D eigenvalue weighted by Gasteiger charge is -2.29. The van der Waals surface area contributed by atoms with E-state index in [1.807, 2.05) is 54.9 Å². The van der Waals surface area contributed by atoms with E-state index in [1.165, 1.54) is 11.1 Å². The van der Waals surface area contributed by atoms with E-state index in [2.05, 4.69) is 75.2 Å². The van der Waals surface area contributed by atoms with Crippen molar-refractivity contribution in [2.75, 3.05) is 0 Å². The summed E-state index contributed by atoms with van der Waals surface area (Å²) in [7, 11) is 0. The molecule has 0 bridgehead atoms. The number of aromatic nitrogens is 2. The van der Waals surface area contributed by atoms with Crippen LogP contribution in [0.1, 0.15) is 34.6 Å². The van der Waals surface area contributed by atoms with E-state index in [9.17, 15) is 0 Å². The Morgan fingerprint density at radius 3 is 1.87 bits per heavy atom. The quantitative estimate of drug-likeness (QED) is 0.427. The first-order valence-corrected chi connectivity index (χ1v) is 10.3. The van der Waals surface area contributed by atoms with Crippen LogP contribution >= 0.6 is 0 Å². The molecule has 0 spiro atoms. The van der Waals surface area contributed by atoms with Gasteiger partial charge in [-0.25, -0.2) is 0 Å². The van der Waals surface area contributed by atoms with Gasteiger partial charge in [-0.2, -0.15) is 0 Å². The van der Waals surface area contributed by atoms with Gasteiger partial charge in [0.15, 0.2) is 0 Å². The topological polar surface area (TPSA) is 49.8 Å². The fourth-order valence-electron chi connectivity index (χ4n) is 3.58. The van der Waals surface area contributed by atoms with Crippen LogP contribution in [0.5, 0.6) is 0 Å². The molecule has 4 rings (SSSR count). The van der Waals surface area contributed by atoms with Crippen LogP contribution in [0.3, 0.4) is 0 Å². The van der Waals surface area contributed by atoms with E-state index >= 15 is 0 Å². The average Bonchev–Trinajstić information content (AvgIpc) is 2.83. The van der Waals surface area contributed by atoms with Crippen LogP contribution in [0, 0.1) is 0 Å². The first-order valence-electron chi connectivity index (χ1n) is 10.3. The van der Waals surface area contributed by atoms with Gasteiger partial charge in [0, 0.05) is 25.5 Å². The molecule has 4 aromatic rings. The predicted octanol–water partition coefficient (Wildman–Crippen LogP) is 4.84. The standard InChI is InChI=1S/C26H26N4/c1-3-11-21(12-4-1)19-29-26(24-16-8-10-18-28-24)25(22-13-5-2-6-14-22)30-20-23-15-7-9-17-27-23/h1-18,25-26,29-30H,19-20H2/t25-,26-/m0/s1. The van der Waals surface area contributed by atoms with Crippen LogP contribution < -0.4 is 10.6 Å². The molecule has 4 nitrogen and oxygen atoms in total. The fraction of sp³-hybridized carbons (Fsp3) is 0.154. The summed E-state index contributed by atoms with van der Waals surface area (Å²) >= 11 is 0. The molecule has 2 atom stereocenters. The summed E-state index contributed by atoms with van der Waals surface area (Å²) in [5, 5.41) is 7.46. The highest BCUT2D eigenvalue weighted by Crippen LogP contribution is 2.28. The van der Waals surface area contributed by atoms with Crippen LogP contribution in [-0.2, 0) is 13.1 Å². The molecular formula is C26H26N4. The van der Waals surface area contributed by atoms with E-state index in [-0.39, 0.29) is 12.1 Å². The first-order chi connectivity index (χ1) is 14.9. The van der Waals surface area contributed by atoms with Gasteiger partial charge in [-0.1, -0.05) is 72.8 Å². The Hall–Kier alpha value is -3.34. The van der Waals surface area contributed by atoms with Gasteiger partial charge in [0.05, 0.1) is 23.5 Å². The lowest BCUT2D eigenvalue weighted by Crippen LogP contribution is -2.35. The Bertz CT molecular complexity index is 907. The fourth-order valence-corrected chi connectivity index (χ4v) is 3.58. The number of hydrogen-bond acceptors (Lipinski definition) is 4. The third-order valence-electron chi connectivity index (χ3n) is 5.10. The van der Waals surface area contributed by atoms with Crippen LogP contribution in [0.4, 0.5) is 0 Å². The maximum atomic E-state index is 4.67. The molecule has 150 valence electrons. The van der Waals surface area contributed by atoms with Crippen molar-refractivity contribution in [1.29, 1.82) is 0 Å². The zero-order chi connectivity index (χ0) is 20.4. The van der Waals surface area contributed by atoms with Crippen LogP contribution in [-0.4, -0.2) is 9.97 Å². The molecule has 0 fully saturated rings. The summed E-state index contributed by atoms with van der Waals surface area (Å²) < 4.78 is 0. The van der Waals surface area contributed by atoms with Gasteiger partial charge in [0.2, 0.25) is 0 Å². The van der Waals surface area contributed by atoms with E-state index in [0.717, 1.165) is 17.9 Å². The Morgan fingerprint density at radius 1 is 0.567 bits per heavy atom. The number of benzene rings is 2. The maximum absolute atomic E-state index is 4.67. The van der Waals surface area contributed by atoms with Gasteiger partial charge >= 0.3 is 0 Å². The number of nitrogens with zero attached hydrogens (tertiary/aromatic N) is 2. The van der Waals surface area contributed by atoms with Crippen molar-refractivity contribution in [2.45, 2.75) is 25.2 Å². The van der Waals surface area contributed by atoms with Gasteiger partial charge in [-0.15, -0.1) is 0 Å². The van der Waals surface area contributed by atoms with Crippen molar-refractivity contribution < 1.29 is 0 Å². The SMILES string of the molecule is c1ccc(CN[C@@H](c2ccccn2)[C@@H](NCc2ccccn2)c2ccccc2)cc1. The molecule has 2 aromatic carbocycles. The lowest BCUT2D eigenvalue weighted by atomic mass is 9.95. The van der Waals surface area contributed by atoms with E-state index in [1.54, 1.807) is 0 Å². The normalized spacial score (nSPS) is 12.9. The first kappa shape index (κ1) is 20.0. The lowest BCUT2D eigenvalue weighted by molar-refractivity contribution is 0.373. The van der Waals surface area contributed by atoms with Crippen molar-refractivity contribution in [2.24, 2.45) is 0 Å². The molecule has 2 heterocycles. The summed E-state index contributed by atoms with van der Waals surface area (Å²) in [6.07, 6.45) is 3.69. The smallest absolute Gasteiger partial charge is 0.0695 e. The molecule has 2 N–H and O–H groups in total. The number of pyridine rings is 2. The number of nitrogens with one attached hydrogen (secondary N) is 2. The zero-order valence-corrected chi connectivity index (χ0v) is 16.9. The van der Waals surface area contributed by atoms with Gasteiger partial charge in [0.25, 0.3) is 0 Å². The van der Waals surface area contributed by atoms with E-state index in [0.29, 0.717) is 6.54 Å². The Balaban J connectivity index is 1.63. The summed E-state index contributed by atoms with van der Waals surface area (Å²) in [4.78, 5) is 9.15. The van der Waals surface area contributed by atoms with E-state index < -0.39 is 0 Å². The Kier molecular flexibility index (Phi) is 6.94. The van der Waals surface area contributed by atoms with Crippen molar-refractivity contribution >= 4 is 0 Å². The van der Waals surface area contributed by atoms with Crippen molar-refractivity contribution in [3.05, 3.63) is 132 Å². The van der Waals surface area contributed by atoms with Gasteiger partial charge in [0.1, 0.15) is 0 Å². The highest BCUT2D eigenvalue weighted by molar-refractivity contribution is 5.25. The molecule has 2 aromatic heterocycles. The Labute approximate surface area is 178 Å². The molecule has 30 heavy (non-hydrogen) atoms. The third kappa shape index (κ3) is 5.38. The molecule has 4 heteroatoms. The predicted molar refractivity (Wildman–Crippen MR) is 121 cm³/mol. The highest BCUT2D eigenvalue weighted by atomic mass is 15.0. The van der Waals surface area contributed by atoms with Crippen molar-refractivity contribution in [3.63, 3.8) is 0 Å². The second-order valence-corrected chi connectivity index (χ2v) is 7.19. The minimum atomic E-state index is -0.00230. The van der Waals surface area contributed by atoms with Gasteiger partial charge < -0.3 is 10.6 Å². The minimum absolute atomic E-state index is 0.00230. The molecule has 0 aliphatic carbocycles. The van der Waals surface area contributed by atoms with Gasteiger partial charge in [-0.3, -0.25) is 9.97 Å². The molecular weight excluding hydrogens is 368 g/mol. The molecule has 0 aliphatic rings. The highest BCUT2D eigenvalue weighted by Gasteiger charge is 2.25. The second kappa shape index (κ2) is 10.4. The van der Waals surface area contributed by atoms with Gasteiger partial charge in [-0.05, 0) is 35.4 Å². The second-order valence-electron chi connectivity index (χ2n) is 7.19. The molecule has 0 saturated heterocycles. The number of rotatable bonds is 9. The van der Waals surface area contributed by atoms with Crippen LogP contribution in [0.25, 0.3) is 0 Å². The Morgan fingerprint density at radius 2 is 1.20 bits per heavy atom. The number of hydrogen-bond donors (Lipinski definition) is 2. The molecule has 0 radical (unpaired) electrons. The molecule has 0 saturated carbocycles. The van der Waals surface area contributed by atoms with Crippen LogP contribution in [0.15, 0.2) is 109 Å². The maximum Gasteiger partial charge on any atom is 0.0695 e. The summed E-state index contributed by atoms with van der Waals surface area (Å²) in [5.41, 5.74) is 4.48. The molecule has 0 unspecified atom stereocenters. The monoisotopic (exact) mass is 394 g/mol. The summed E-state index contributed by atoms with van der Waals surface area (Å²) in [6.45, 7) is 1.44. The zero-order valence-electron chi connectivity index (χ0n) is 16.9. The molecule has 0 amide bonds. The average molecular weight is 395 g/mol. The third-order valence-corrected chi connectivity index (χ3v) is 5.10. The van der Waals surface area contributed by atoms with Crippen molar-refractivity contribution in [1.82, 2.24) is 20.6 Å². The van der Waals surface area contributed by atoms with Crippen molar-refractivity contribution in [3.8, 4) is 0 Å². The molecule has 0 aliphatic heterocycles. The largest absolute Gasteiger partial charge is 0.303 e. The summed E-state index contributed by atoms with van der Waals surface area (Å²) in [6, 6.07) is 33.1. The minimum Gasteiger partial charge on any atom is -0.303 e. The van der Waals surface area contributed by atoms with Crippen LogP contribution in [0.2, 0.25) is 0 Å². The summed E-state index contributed by atoms with van der Waals surface area (Å²) in [5.74, 6) is 0.